The van der Waals surface area contributed by atoms with Crippen molar-refractivity contribution in [3.8, 4) is 0 Å². The smallest absolute Gasteiger partial charge is 0.210 e. The Labute approximate surface area is 112 Å². The maximum absolute atomic E-state index is 4.74. The summed E-state index contributed by atoms with van der Waals surface area (Å²) in [5, 5.41) is 0. The second-order valence-electron chi connectivity index (χ2n) is 4.81. The van der Waals surface area contributed by atoms with Crippen LogP contribution in [0.2, 0.25) is 0 Å². The first-order valence-electron chi connectivity index (χ1n) is 6.39. The first-order chi connectivity index (χ1) is 9.18. The van der Waals surface area contributed by atoms with Crippen LogP contribution in [0.3, 0.4) is 0 Å². The standard InChI is InChI=1S/C16H17N3/c1-12-8-7-11-14-15(12)19(3)16(18(14)2)17-13-9-5-4-6-10-13/h4-11H,1-3H3. The van der Waals surface area contributed by atoms with Gasteiger partial charge >= 0.3 is 0 Å². The van der Waals surface area contributed by atoms with Crippen LogP contribution in [0.1, 0.15) is 5.56 Å². The molecule has 0 amide bonds. The number of fused-ring (bicyclic) bond motifs is 1. The fourth-order valence-corrected chi connectivity index (χ4v) is 2.55. The summed E-state index contributed by atoms with van der Waals surface area (Å²) in [5.41, 5.74) is 5.64. The van der Waals surface area contributed by atoms with Crippen molar-refractivity contribution in [1.29, 1.82) is 0 Å². The van der Waals surface area contributed by atoms with Crippen LogP contribution in [0.25, 0.3) is 11.0 Å². The molecule has 0 bridgehead atoms. The van der Waals surface area contributed by atoms with Crippen LogP contribution in [0.15, 0.2) is 53.5 Å². The molecule has 0 aliphatic rings. The summed E-state index contributed by atoms with van der Waals surface area (Å²) >= 11 is 0. The number of aryl methyl sites for hydroxylation is 3. The molecule has 0 radical (unpaired) electrons. The van der Waals surface area contributed by atoms with Gasteiger partial charge in [0, 0.05) is 14.1 Å². The first-order valence-corrected chi connectivity index (χ1v) is 6.39. The van der Waals surface area contributed by atoms with Gasteiger partial charge in [-0.25, -0.2) is 4.99 Å². The van der Waals surface area contributed by atoms with E-state index in [-0.39, 0.29) is 0 Å². The summed E-state index contributed by atoms with van der Waals surface area (Å²) in [5.74, 6) is 0. The van der Waals surface area contributed by atoms with Crippen molar-refractivity contribution in [3.63, 3.8) is 0 Å². The Kier molecular flexibility index (Phi) is 2.75. The molecule has 3 rings (SSSR count). The number of benzene rings is 2. The van der Waals surface area contributed by atoms with Crippen LogP contribution >= 0.6 is 0 Å². The van der Waals surface area contributed by atoms with Gasteiger partial charge in [-0.15, -0.1) is 0 Å². The van der Waals surface area contributed by atoms with Crippen molar-refractivity contribution in [2.45, 2.75) is 6.92 Å². The fraction of sp³-hybridized carbons (Fsp3) is 0.188. The van der Waals surface area contributed by atoms with Crippen LogP contribution in [-0.4, -0.2) is 9.13 Å². The molecule has 0 aliphatic carbocycles. The van der Waals surface area contributed by atoms with Gasteiger partial charge in [-0.1, -0.05) is 30.3 Å². The number of rotatable bonds is 1. The molecule has 0 N–H and O–H groups in total. The Morgan fingerprint density at radius 3 is 2.26 bits per heavy atom. The Bertz CT molecular complexity index is 792. The van der Waals surface area contributed by atoms with Crippen molar-refractivity contribution >= 4 is 16.7 Å². The van der Waals surface area contributed by atoms with Crippen molar-refractivity contribution in [2.24, 2.45) is 19.1 Å². The number of hydrogen-bond acceptors (Lipinski definition) is 1. The summed E-state index contributed by atoms with van der Waals surface area (Å²) in [6.45, 7) is 2.13. The van der Waals surface area contributed by atoms with Gasteiger partial charge in [0.15, 0.2) is 0 Å². The third kappa shape index (κ3) is 1.87. The molecule has 0 fully saturated rings. The van der Waals surface area contributed by atoms with Gasteiger partial charge in [0.2, 0.25) is 5.62 Å². The highest BCUT2D eigenvalue weighted by molar-refractivity contribution is 5.79. The molecular weight excluding hydrogens is 234 g/mol. The largest absolute Gasteiger partial charge is 0.313 e. The summed E-state index contributed by atoms with van der Waals surface area (Å²) in [7, 11) is 4.13. The van der Waals surface area contributed by atoms with Crippen LogP contribution in [0.4, 0.5) is 5.69 Å². The van der Waals surface area contributed by atoms with Crippen LogP contribution < -0.4 is 5.62 Å². The van der Waals surface area contributed by atoms with Gasteiger partial charge in [0.1, 0.15) is 0 Å². The zero-order valence-electron chi connectivity index (χ0n) is 11.5. The highest BCUT2D eigenvalue weighted by Crippen LogP contribution is 2.16. The van der Waals surface area contributed by atoms with E-state index in [9.17, 15) is 0 Å². The summed E-state index contributed by atoms with van der Waals surface area (Å²) in [6, 6.07) is 16.4. The Hall–Kier alpha value is -2.29. The Morgan fingerprint density at radius 2 is 1.58 bits per heavy atom. The van der Waals surface area contributed by atoms with E-state index in [4.69, 9.17) is 4.99 Å². The second-order valence-corrected chi connectivity index (χ2v) is 4.81. The van der Waals surface area contributed by atoms with Gasteiger partial charge in [-0.05, 0) is 30.7 Å². The normalized spacial score (nSPS) is 12.3. The summed E-state index contributed by atoms with van der Waals surface area (Å²) in [6.07, 6.45) is 0. The lowest BCUT2D eigenvalue weighted by Crippen LogP contribution is -2.21. The zero-order valence-corrected chi connectivity index (χ0v) is 11.5. The first kappa shape index (κ1) is 11.8. The summed E-state index contributed by atoms with van der Waals surface area (Å²) in [4.78, 5) is 4.74. The average molecular weight is 251 g/mol. The van der Waals surface area contributed by atoms with E-state index < -0.39 is 0 Å². The predicted molar refractivity (Wildman–Crippen MR) is 78.3 cm³/mol. The maximum Gasteiger partial charge on any atom is 0.210 e. The molecule has 0 atom stereocenters. The SMILES string of the molecule is Cc1cccc2c1n(C)c(=Nc1ccccc1)n2C. The number of imidazole rings is 1. The van der Waals surface area contributed by atoms with E-state index in [0.717, 1.165) is 11.3 Å². The minimum Gasteiger partial charge on any atom is -0.313 e. The topological polar surface area (TPSA) is 22.2 Å². The molecule has 19 heavy (non-hydrogen) atoms. The van der Waals surface area contributed by atoms with Crippen molar-refractivity contribution in [1.82, 2.24) is 9.13 Å². The second kappa shape index (κ2) is 4.43. The molecule has 3 heteroatoms. The minimum atomic E-state index is 0.954. The minimum absolute atomic E-state index is 0.954. The van der Waals surface area contributed by atoms with Crippen LogP contribution in [0, 0.1) is 6.92 Å². The average Bonchev–Trinajstić information content (AvgIpc) is 2.66. The molecule has 96 valence electrons. The van der Waals surface area contributed by atoms with Gasteiger partial charge in [-0.2, -0.15) is 0 Å². The number of nitrogens with zero attached hydrogens (tertiary/aromatic N) is 3. The molecular formula is C16H17N3. The highest BCUT2D eigenvalue weighted by Gasteiger charge is 2.07. The quantitative estimate of drug-likeness (QED) is 0.634. The van der Waals surface area contributed by atoms with Gasteiger partial charge in [-0.3, -0.25) is 0 Å². The Morgan fingerprint density at radius 1 is 0.842 bits per heavy atom. The van der Waals surface area contributed by atoms with E-state index in [0.29, 0.717) is 0 Å². The van der Waals surface area contributed by atoms with E-state index in [2.05, 4.69) is 48.4 Å². The third-order valence-electron chi connectivity index (χ3n) is 3.50. The molecule has 0 aliphatic heterocycles. The van der Waals surface area contributed by atoms with Gasteiger partial charge in [0.05, 0.1) is 16.7 Å². The molecule has 0 saturated heterocycles. The monoisotopic (exact) mass is 251 g/mol. The molecule has 0 unspecified atom stereocenters. The van der Waals surface area contributed by atoms with E-state index in [1.807, 2.05) is 30.3 Å². The lowest BCUT2D eigenvalue weighted by atomic mass is 10.2. The van der Waals surface area contributed by atoms with Gasteiger partial charge in [0.25, 0.3) is 0 Å². The maximum atomic E-state index is 4.74. The highest BCUT2D eigenvalue weighted by atomic mass is 15.2. The summed E-state index contributed by atoms with van der Waals surface area (Å²) < 4.78 is 4.28. The van der Waals surface area contributed by atoms with Crippen molar-refractivity contribution in [3.05, 3.63) is 59.7 Å². The molecule has 2 aromatic carbocycles. The van der Waals surface area contributed by atoms with Crippen molar-refractivity contribution < 1.29 is 0 Å². The Balaban J connectivity index is 2.37. The number of aromatic nitrogens is 2. The third-order valence-corrected chi connectivity index (χ3v) is 3.50. The molecule has 3 nitrogen and oxygen atoms in total. The predicted octanol–water partition coefficient (Wildman–Crippen LogP) is 3.06. The number of para-hydroxylation sites is 2. The molecule has 1 heterocycles. The molecule has 3 aromatic rings. The van der Waals surface area contributed by atoms with E-state index >= 15 is 0 Å². The van der Waals surface area contributed by atoms with Crippen molar-refractivity contribution in [2.75, 3.05) is 0 Å². The molecule has 0 saturated carbocycles. The lowest BCUT2D eigenvalue weighted by Gasteiger charge is -1.98. The fourth-order valence-electron chi connectivity index (χ4n) is 2.55. The number of hydrogen-bond donors (Lipinski definition) is 0. The van der Waals surface area contributed by atoms with E-state index in [1.54, 1.807) is 0 Å². The van der Waals surface area contributed by atoms with E-state index in [1.165, 1.54) is 16.6 Å². The van der Waals surface area contributed by atoms with Gasteiger partial charge < -0.3 is 9.13 Å². The molecule has 1 aromatic heterocycles. The molecule has 0 spiro atoms. The zero-order chi connectivity index (χ0) is 13.4. The lowest BCUT2D eigenvalue weighted by molar-refractivity contribution is 0.763. The van der Waals surface area contributed by atoms with Crippen LogP contribution in [0.5, 0.6) is 0 Å². The van der Waals surface area contributed by atoms with Crippen LogP contribution in [-0.2, 0) is 14.1 Å².